The van der Waals surface area contributed by atoms with Crippen LogP contribution >= 0.6 is 15.9 Å². The maximum Gasteiger partial charge on any atom is 0.292 e. The molecule has 7 nitrogen and oxygen atoms in total. The first kappa shape index (κ1) is 14.2. The summed E-state index contributed by atoms with van der Waals surface area (Å²) < 4.78 is 1.80. The van der Waals surface area contributed by atoms with Gasteiger partial charge in [-0.3, -0.25) is 19.5 Å². The number of anilines is 1. The van der Waals surface area contributed by atoms with Crippen LogP contribution in [0, 0.1) is 17.0 Å². The first-order valence-electron chi connectivity index (χ1n) is 5.64. The van der Waals surface area contributed by atoms with Gasteiger partial charge in [-0.2, -0.15) is 0 Å². The highest BCUT2D eigenvalue weighted by atomic mass is 79.9. The molecule has 2 aromatic rings. The normalized spacial score (nSPS) is 10.5. The monoisotopic (exact) mass is 338 g/mol. The molecule has 0 saturated heterocycles. The molecular weight excluding hydrogens is 328 g/mol. The van der Waals surface area contributed by atoms with Gasteiger partial charge in [-0.25, -0.2) is 4.98 Å². The van der Waals surface area contributed by atoms with Crippen LogP contribution in [0.25, 0.3) is 0 Å². The Morgan fingerprint density at radius 1 is 1.50 bits per heavy atom. The van der Waals surface area contributed by atoms with Crippen molar-refractivity contribution in [1.82, 2.24) is 9.55 Å². The number of aromatic nitrogens is 2. The van der Waals surface area contributed by atoms with Crippen LogP contribution in [0.3, 0.4) is 0 Å². The van der Waals surface area contributed by atoms with Crippen molar-refractivity contribution in [3.63, 3.8) is 0 Å². The molecular formula is C12H11BrN4O3. The maximum atomic E-state index is 12.0. The van der Waals surface area contributed by atoms with Gasteiger partial charge in [0.15, 0.2) is 0 Å². The number of nitrogens with zero attached hydrogens (tertiary/aromatic N) is 3. The van der Waals surface area contributed by atoms with E-state index in [1.165, 1.54) is 23.0 Å². The highest BCUT2D eigenvalue weighted by molar-refractivity contribution is 9.10. The summed E-state index contributed by atoms with van der Waals surface area (Å²) in [7, 11) is 0. The molecule has 0 atom stereocenters. The van der Waals surface area contributed by atoms with E-state index in [1.54, 1.807) is 13.0 Å². The van der Waals surface area contributed by atoms with Crippen LogP contribution in [-0.4, -0.2) is 14.5 Å². The molecule has 104 valence electrons. The van der Waals surface area contributed by atoms with Crippen LogP contribution in [0.15, 0.2) is 33.8 Å². The van der Waals surface area contributed by atoms with Gasteiger partial charge in [-0.1, -0.05) is 6.07 Å². The molecule has 0 unspecified atom stereocenters. The van der Waals surface area contributed by atoms with Crippen LogP contribution in [0.1, 0.15) is 11.3 Å². The van der Waals surface area contributed by atoms with Gasteiger partial charge in [0.1, 0.15) is 10.2 Å². The molecule has 1 heterocycles. The molecule has 2 rings (SSSR count). The number of nitro groups is 1. The average Bonchev–Trinajstić information content (AvgIpc) is 2.39. The van der Waals surface area contributed by atoms with Gasteiger partial charge in [0.2, 0.25) is 0 Å². The zero-order chi connectivity index (χ0) is 14.9. The van der Waals surface area contributed by atoms with E-state index >= 15 is 0 Å². The van der Waals surface area contributed by atoms with Gasteiger partial charge in [-0.15, -0.1) is 0 Å². The number of nitro benzene ring substituents is 1. The Labute approximate surface area is 122 Å². The summed E-state index contributed by atoms with van der Waals surface area (Å²) in [6, 6.07) is 4.37. The second-order valence-corrected chi connectivity index (χ2v) is 5.02. The second-order valence-electron chi connectivity index (χ2n) is 4.23. The predicted molar refractivity (Wildman–Crippen MR) is 77.5 cm³/mol. The maximum absolute atomic E-state index is 12.0. The predicted octanol–water partition coefficient (Wildman–Crippen LogP) is 1.85. The lowest BCUT2D eigenvalue weighted by Gasteiger charge is -2.07. The Morgan fingerprint density at radius 3 is 2.80 bits per heavy atom. The van der Waals surface area contributed by atoms with Crippen molar-refractivity contribution in [2.45, 2.75) is 13.5 Å². The quantitative estimate of drug-likeness (QED) is 0.522. The molecule has 0 aliphatic rings. The first-order chi connectivity index (χ1) is 9.40. The summed E-state index contributed by atoms with van der Waals surface area (Å²) in [4.78, 5) is 26.2. The van der Waals surface area contributed by atoms with E-state index in [2.05, 4.69) is 20.9 Å². The van der Waals surface area contributed by atoms with E-state index in [0.29, 0.717) is 15.7 Å². The van der Waals surface area contributed by atoms with Crippen molar-refractivity contribution < 1.29 is 4.92 Å². The topological polar surface area (TPSA) is 104 Å². The molecule has 1 aromatic carbocycles. The van der Waals surface area contributed by atoms with Gasteiger partial charge in [0.05, 0.1) is 23.5 Å². The van der Waals surface area contributed by atoms with Crippen LogP contribution in [-0.2, 0) is 6.54 Å². The van der Waals surface area contributed by atoms with Crippen molar-refractivity contribution in [3.05, 3.63) is 60.7 Å². The zero-order valence-corrected chi connectivity index (χ0v) is 12.1. The van der Waals surface area contributed by atoms with Crippen LogP contribution in [0.2, 0.25) is 0 Å². The number of aryl methyl sites for hydroxylation is 1. The molecule has 0 radical (unpaired) electrons. The standard InChI is InChI=1S/C12H11BrN4O3/c1-7-11(13)12(18)16(6-15-7)5-8-2-3-10(17(19)20)9(14)4-8/h2-4,6H,5,14H2,1H3. The smallest absolute Gasteiger partial charge is 0.292 e. The fourth-order valence-electron chi connectivity index (χ4n) is 1.72. The Hall–Kier alpha value is -2.22. The van der Waals surface area contributed by atoms with E-state index in [9.17, 15) is 14.9 Å². The Bertz CT molecular complexity index is 742. The molecule has 1 aromatic heterocycles. The van der Waals surface area contributed by atoms with Crippen molar-refractivity contribution in [1.29, 1.82) is 0 Å². The molecule has 0 aliphatic carbocycles. The number of benzene rings is 1. The first-order valence-corrected chi connectivity index (χ1v) is 6.43. The lowest BCUT2D eigenvalue weighted by atomic mass is 10.1. The third kappa shape index (κ3) is 2.69. The van der Waals surface area contributed by atoms with E-state index in [0.717, 1.165) is 0 Å². The molecule has 0 fully saturated rings. The van der Waals surface area contributed by atoms with Crippen molar-refractivity contribution >= 4 is 27.3 Å². The van der Waals surface area contributed by atoms with E-state index < -0.39 is 4.92 Å². The molecule has 0 saturated carbocycles. The minimum atomic E-state index is -0.546. The molecule has 0 bridgehead atoms. The van der Waals surface area contributed by atoms with Crippen LogP contribution in [0.5, 0.6) is 0 Å². The van der Waals surface area contributed by atoms with E-state index in [-0.39, 0.29) is 23.5 Å². The van der Waals surface area contributed by atoms with E-state index in [4.69, 9.17) is 5.73 Å². The number of halogens is 1. The summed E-state index contributed by atoms with van der Waals surface area (Å²) in [5, 5.41) is 10.7. The minimum Gasteiger partial charge on any atom is -0.393 e. The summed E-state index contributed by atoms with van der Waals surface area (Å²) in [6.07, 6.45) is 1.43. The molecule has 0 spiro atoms. The minimum absolute atomic E-state index is 0.0692. The molecule has 0 amide bonds. The summed E-state index contributed by atoms with van der Waals surface area (Å²) in [6.45, 7) is 1.96. The van der Waals surface area contributed by atoms with Gasteiger partial charge in [0, 0.05) is 6.07 Å². The molecule has 2 N–H and O–H groups in total. The summed E-state index contributed by atoms with van der Waals surface area (Å²) >= 11 is 3.18. The largest absolute Gasteiger partial charge is 0.393 e. The molecule has 20 heavy (non-hydrogen) atoms. The number of rotatable bonds is 3. The van der Waals surface area contributed by atoms with Gasteiger partial charge in [0.25, 0.3) is 11.2 Å². The SMILES string of the molecule is Cc1ncn(Cc2ccc([N+](=O)[O-])c(N)c2)c(=O)c1Br. The number of hydrogen-bond donors (Lipinski definition) is 1. The number of hydrogen-bond acceptors (Lipinski definition) is 5. The van der Waals surface area contributed by atoms with Gasteiger partial charge < -0.3 is 5.73 Å². The highest BCUT2D eigenvalue weighted by Gasteiger charge is 2.12. The lowest BCUT2D eigenvalue weighted by molar-refractivity contribution is -0.383. The average molecular weight is 339 g/mol. The van der Waals surface area contributed by atoms with Crippen molar-refractivity contribution in [3.8, 4) is 0 Å². The van der Waals surface area contributed by atoms with Crippen LogP contribution < -0.4 is 11.3 Å². The van der Waals surface area contributed by atoms with Gasteiger partial charge in [-0.05, 0) is 34.5 Å². The highest BCUT2D eigenvalue weighted by Crippen LogP contribution is 2.22. The Morgan fingerprint density at radius 2 is 2.20 bits per heavy atom. The van der Waals surface area contributed by atoms with Crippen molar-refractivity contribution in [2.75, 3.05) is 5.73 Å². The number of nitrogen functional groups attached to an aromatic ring is 1. The molecule has 8 heteroatoms. The van der Waals surface area contributed by atoms with Crippen molar-refractivity contribution in [2.24, 2.45) is 0 Å². The fraction of sp³-hybridized carbons (Fsp3) is 0.167. The molecule has 0 aliphatic heterocycles. The summed E-state index contributed by atoms with van der Waals surface area (Å²) in [5.41, 5.74) is 6.61. The van der Waals surface area contributed by atoms with Gasteiger partial charge >= 0.3 is 0 Å². The zero-order valence-electron chi connectivity index (χ0n) is 10.5. The third-order valence-electron chi connectivity index (χ3n) is 2.80. The number of nitrogens with two attached hydrogens (primary N) is 1. The van der Waals surface area contributed by atoms with Crippen LogP contribution in [0.4, 0.5) is 11.4 Å². The fourth-order valence-corrected chi connectivity index (χ4v) is 2.05. The Balaban J connectivity index is 2.36. The van der Waals surface area contributed by atoms with E-state index in [1.807, 2.05) is 0 Å². The Kier molecular flexibility index (Phi) is 3.84. The summed E-state index contributed by atoms with van der Waals surface area (Å²) in [5.74, 6) is 0. The second kappa shape index (κ2) is 5.41. The lowest BCUT2D eigenvalue weighted by Crippen LogP contribution is -2.22. The third-order valence-corrected chi connectivity index (χ3v) is 3.71.